The molecular weight excluding hydrogens is 913 g/mol. The Hall–Kier alpha value is -4.19. The van der Waals surface area contributed by atoms with Crippen LogP contribution in [0.4, 0.5) is 0 Å². The molecule has 0 aromatic carbocycles. The van der Waals surface area contributed by atoms with Crippen molar-refractivity contribution in [1.82, 2.24) is 0 Å². The van der Waals surface area contributed by atoms with E-state index in [1.165, 1.54) is 96.3 Å². The number of rotatable bonds is 54. The van der Waals surface area contributed by atoms with Gasteiger partial charge in [-0.25, -0.2) is 0 Å². The molecule has 1 unspecified atom stereocenters. The molecule has 6 heteroatoms. The lowest BCUT2D eigenvalue weighted by Crippen LogP contribution is -2.30. The first-order chi connectivity index (χ1) is 36.5. The Balaban J connectivity index is 4.19. The summed E-state index contributed by atoms with van der Waals surface area (Å²) in [5.41, 5.74) is 0. The average Bonchev–Trinajstić information content (AvgIpc) is 3.40. The Kier molecular flexibility index (Phi) is 57.9. The topological polar surface area (TPSA) is 78.9 Å². The van der Waals surface area contributed by atoms with Crippen LogP contribution in [0.15, 0.2) is 122 Å². The van der Waals surface area contributed by atoms with E-state index in [-0.39, 0.29) is 31.1 Å². The molecule has 0 bridgehead atoms. The molecule has 0 radical (unpaired) electrons. The molecule has 0 aliphatic rings. The third-order valence-electron chi connectivity index (χ3n) is 12.7. The van der Waals surface area contributed by atoms with Crippen molar-refractivity contribution in [3.63, 3.8) is 0 Å². The van der Waals surface area contributed by atoms with E-state index in [0.717, 1.165) is 135 Å². The summed E-state index contributed by atoms with van der Waals surface area (Å²) in [6.07, 6.45) is 85.0. The van der Waals surface area contributed by atoms with Crippen LogP contribution in [0.5, 0.6) is 0 Å². The zero-order valence-corrected chi connectivity index (χ0v) is 48.1. The summed E-state index contributed by atoms with van der Waals surface area (Å²) >= 11 is 0. The summed E-state index contributed by atoms with van der Waals surface area (Å²) in [7, 11) is 0. The molecule has 0 saturated carbocycles. The van der Waals surface area contributed by atoms with Gasteiger partial charge in [-0.05, 0) is 109 Å². The number of ether oxygens (including phenoxy) is 3. The fourth-order valence-corrected chi connectivity index (χ4v) is 8.20. The van der Waals surface area contributed by atoms with E-state index in [9.17, 15) is 14.4 Å². The van der Waals surface area contributed by atoms with Gasteiger partial charge in [-0.2, -0.15) is 0 Å². The highest BCUT2D eigenvalue weighted by Crippen LogP contribution is 2.15. The Morgan fingerprint density at radius 2 is 0.527 bits per heavy atom. The second-order valence-electron chi connectivity index (χ2n) is 19.9. The summed E-state index contributed by atoms with van der Waals surface area (Å²) in [6.45, 7) is 6.38. The van der Waals surface area contributed by atoms with E-state index in [1.807, 2.05) is 0 Å². The second-order valence-corrected chi connectivity index (χ2v) is 19.9. The van der Waals surface area contributed by atoms with Crippen molar-refractivity contribution >= 4 is 17.9 Å². The Morgan fingerprint density at radius 1 is 0.284 bits per heavy atom. The smallest absolute Gasteiger partial charge is 0.306 e. The summed E-state index contributed by atoms with van der Waals surface area (Å²) in [6, 6.07) is 0. The van der Waals surface area contributed by atoms with E-state index in [4.69, 9.17) is 14.2 Å². The lowest BCUT2D eigenvalue weighted by molar-refractivity contribution is -0.167. The SMILES string of the molecule is CC/C=C\C/C=C\C/C=C\C/C=C\C/C=C\C/C=C\C/C=C\CCCCCCCCCCCC(=O)OCC(COC(=O)CCCCCCCCCC)OC(=O)CCCCCCCCC/C=C\C/C=C\C/C=C\CC. The molecule has 0 saturated heterocycles. The molecule has 0 amide bonds. The molecule has 0 heterocycles. The molecule has 0 N–H and O–H groups in total. The zero-order valence-electron chi connectivity index (χ0n) is 48.1. The zero-order chi connectivity index (χ0) is 53.6. The van der Waals surface area contributed by atoms with Crippen molar-refractivity contribution in [3.05, 3.63) is 122 Å². The van der Waals surface area contributed by atoms with Gasteiger partial charge in [0.2, 0.25) is 0 Å². The van der Waals surface area contributed by atoms with Crippen molar-refractivity contribution in [3.8, 4) is 0 Å². The van der Waals surface area contributed by atoms with Gasteiger partial charge in [0.1, 0.15) is 13.2 Å². The van der Waals surface area contributed by atoms with Gasteiger partial charge in [0, 0.05) is 19.3 Å². The van der Waals surface area contributed by atoms with Crippen LogP contribution in [0.3, 0.4) is 0 Å². The molecular formula is C68H112O6. The molecule has 6 nitrogen and oxygen atoms in total. The molecule has 1 atom stereocenters. The van der Waals surface area contributed by atoms with Gasteiger partial charge in [-0.1, -0.05) is 264 Å². The Bertz CT molecular complexity index is 1550. The first-order valence-electron chi connectivity index (χ1n) is 30.5. The van der Waals surface area contributed by atoms with E-state index >= 15 is 0 Å². The maximum Gasteiger partial charge on any atom is 0.306 e. The predicted molar refractivity (Wildman–Crippen MR) is 320 cm³/mol. The van der Waals surface area contributed by atoms with Crippen molar-refractivity contribution in [2.75, 3.05) is 13.2 Å². The van der Waals surface area contributed by atoms with Gasteiger partial charge in [0.25, 0.3) is 0 Å². The lowest BCUT2D eigenvalue weighted by Gasteiger charge is -2.18. The normalized spacial score (nSPS) is 13.0. The number of esters is 3. The highest BCUT2D eigenvalue weighted by Gasteiger charge is 2.19. The third-order valence-corrected chi connectivity index (χ3v) is 12.7. The van der Waals surface area contributed by atoms with Gasteiger partial charge >= 0.3 is 17.9 Å². The van der Waals surface area contributed by atoms with E-state index in [1.54, 1.807) is 0 Å². The molecule has 0 fully saturated rings. The number of hydrogen-bond acceptors (Lipinski definition) is 6. The van der Waals surface area contributed by atoms with Gasteiger partial charge in [-0.3, -0.25) is 14.4 Å². The van der Waals surface area contributed by atoms with E-state index in [0.29, 0.717) is 19.3 Å². The van der Waals surface area contributed by atoms with E-state index in [2.05, 4.69) is 142 Å². The molecule has 0 aliphatic heterocycles. The minimum absolute atomic E-state index is 0.0842. The molecule has 0 aromatic rings. The molecule has 74 heavy (non-hydrogen) atoms. The molecule has 0 rings (SSSR count). The quantitative estimate of drug-likeness (QED) is 0.0261. The highest BCUT2D eigenvalue weighted by atomic mass is 16.6. The first-order valence-corrected chi connectivity index (χ1v) is 30.5. The fraction of sp³-hybridized carbons (Fsp3) is 0.662. The van der Waals surface area contributed by atoms with Crippen LogP contribution < -0.4 is 0 Å². The van der Waals surface area contributed by atoms with Gasteiger partial charge in [0.15, 0.2) is 6.10 Å². The number of carbonyl (C=O) groups excluding carboxylic acids is 3. The van der Waals surface area contributed by atoms with E-state index < -0.39 is 6.10 Å². The number of allylic oxidation sites excluding steroid dienone is 20. The lowest BCUT2D eigenvalue weighted by atomic mass is 10.1. The van der Waals surface area contributed by atoms with Crippen molar-refractivity contribution < 1.29 is 28.6 Å². The summed E-state index contributed by atoms with van der Waals surface area (Å²) < 4.78 is 16.8. The second kappa shape index (κ2) is 61.4. The monoisotopic (exact) mass is 1020 g/mol. The third kappa shape index (κ3) is 58.7. The number of carbonyl (C=O) groups is 3. The maximum atomic E-state index is 12.8. The number of unbranched alkanes of at least 4 members (excludes halogenated alkanes) is 23. The minimum Gasteiger partial charge on any atom is -0.462 e. The fourth-order valence-electron chi connectivity index (χ4n) is 8.20. The maximum absolute atomic E-state index is 12.8. The van der Waals surface area contributed by atoms with Gasteiger partial charge in [-0.15, -0.1) is 0 Å². The van der Waals surface area contributed by atoms with Crippen LogP contribution in [0, 0.1) is 0 Å². The van der Waals surface area contributed by atoms with Gasteiger partial charge < -0.3 is 14.2 Å². The van der Waals surface area contributed by atoms with Crippen LogP contribution in [0.25, 0.3) is 0 Å². The first kappa shape index (κ1) is 69.8. The molecule has 0 spiro atoms. The van der Waals surface area contributed by atoms with Crippen LogP contribution in [0.1, 0.15) is 271 Å². The Labute approximate surface area is 456 Å². The number of hydrogen-bond donors (Lipinski definition) is 0. The molecule has 0 aliphatic carbocycles. The van der Waals surface area contributed by atoms with Crippen molar-refractivity contribution in [1.29, 1.82) is 0 Å². The van der Waals surface area contributed by atoms with Crippen LogP contribution in [0.2, 0.25) is 0 Å². The largest absolute Gasteiger partial charge is 0.462 e. The predicted octanol–water partition coefficient (Wildman–Crippen LogP) is 20.8. The highest BCUT2D eigenvalue weighted by molar-refractivity contribution is 5.71. The van der Waals surface area contributed by atoms with Gasteiger partial charge in [0.05, 0.1) is 0 Å². The summed E-state index contributed by atoms with van der Waals surface area (Å²) in [4.78, 5) is 38.1. The minimum atomic E-state index is -0.786. The van der Waals surface area contributed by atoms with Crippen LogP contribution in [-0.4, -0.2) is 37.2 Å². The molecule has 420 valence electrons. The van der Waals surface area contributed by atoms with Crippen molar-refractivity contribution in [2.24, 2.45) is 0 Å². The molecule has 0 aromatic heterocycles. The Morgan fingerprint density at radius 3 is 0.824 bits per heavy atom. The van der Waals surface area contributed by atoms with Crippen LogP contribution >= 0.6 is 0 Å². The standard InChI is InChI=1S/C68H112O6/c1-4-7-10-13-16-19-21-23-25-27-28-29-30-31-32-33-34-35-36-37-38-39-40-42-43-45-47-49-52-55-58-61-67(70)73-64-65(63-72-66(69)60-57-54-51-18-15-12-9-6-3)74-68(71)62-59-56-53-50-48-46-44-41-26-24-22-20-17-14-11-8-5-2/h7-8,10-11,16-17,19-20,23-26,28-29,31-32,34-35,37-38,65H,4-6,9,12-15,18,21-22,27,30,33,36,39-64H2,1-3H3/b10-7-,11-8-,19-16-,20-17-,25-23-,26-24-,29-28-,32-31-,35-34-,38-37-. The van der Waals surface area contributed by atoms with Crippen LogP contribution in [-0.2, 0) is 28.6 Å². The van der Waals surface area contributed by atoms with Crippen molar-refractivity contribution in [2.45, 2.75) is 277 Å². The summed E-state index contributed by atoms with van der Waals surface area (Å²) in [5, 5.41) is 0. The average molecular weight is 1030 g/mol. The summed E-state index contributed by atoms with van der Waals surface area (Å²) in [5.74, 6) is -0.904.